The summed E-state index contributed by atoms with van der Waals surface area (Å²) >= 11 is 3.43. The van der Waals surface area contributed by atoms with E-state index >= 15 is 0 Å². The van der Waals surface area contributed by atoms with Crippen LogP contribution in [0.2, 0.25) is 0 Å². The average molecular weight is 539 g/mol. The van der Waals surface area contributed by atoms with E-state index in [0.29, 0.717) is 12.2 Å². The number of hydrogen-bond donors (Lipinski definition) is 1. The minimum Gasteiger partial charge on any atom is -0.354 e. The Balaban J connectivity index is 2.38. The predicted octanol–water partition coefficient (Wildman–Crippen LogP) is 3.71. The first-order valence-corrected chi connectivity index (χ1v) is 13.4. The highest BCUT2D eigenvalue weighted by Gasteiger charge is 2.30. The normalized spacial score (nSPS) is 12.3. The molecule has 0 aliphatic rings. The molecule has 1 unspecified atom stereocenters. The second-order valence-electron chi connectivity index (χ2n) is 8.52. The van der Waals surface area contributed by atoms with Crippen LogP contribution >= 0.6 is 15.9 Å². The van der Waals surface area contributed by atoms with E-state index in [1.165, 1.54) is 4.90 Å². The third kappa shape index (κ3) is 7.85. The molecule has 2 aromatic rings. The van der Waals surface area contributed by atoms with Gasteiger partial charge in [-0.15, -0.1) is 0 Å². The number of sulfonamides is 1. The first-order valence-electron chi connectivity index (χ1n) is 10.7. The molecule has 7 nitrogen and oxygen atoms in total. The number of carbonyl (C=O) groups excluding carboxylic acids is 2. The largest absolute Gasteiger partial charge is 0.354 e. The molecule has 0 radical (unpaired) electrons. The Bertz CT molecular complexity index is 1090. The highest BCUT2D eigenvalue weighted by Crippen LogP contribution is 2.23. The Labute approximate surface area is 205 Å². The lowest BCUT2D eigenvalue weighted by Crippen LogP contribution is -2.51. The highest BCUT2D eigenvalue weighted by molar-refractivity contribution is 9.10. The van der Waals surface area contributed by atoms with Crippen LogP contribution in [-0.2, 0) is 26.2 Å². The molecule has 0 saturated heterocycles. The van der Waals surface area contributed by atoms with Crippen molar-refractivity contribution in [3.63, 3.8) is 0 Å². The van der Waals surface area contributed by atoms with Crippen molar-refractivity contribution in [1.29, 1.82) is 0 Å². The molecule has 180 valence electrons. The van der Waals surface area contributed by atoms with Crippen molar-refractivity contribution in [3.05, 3.63) is 64.1 Å². The number of amides is 2. The van der Waals surface area contributed by atoms with Crippen molar-refractivity contribution in [3.8, 4) is 0 Å². The van der Waals surface area contributed by atoms with Crippen LogP contribution in [0.4, 0.5) is 5.69 Å². The summed E-state index contributed by atoms with van der Waals surface area (Å²) in [6, 6.07) is 13.7. The number of rotatable bonds is 10. The lowest BCUT2D eigenvalue weighted by Gasteiger charge is -2.32. The predicted molar refractivity (Wildman–Crippen MR) is 135 cm³/mol. The van der Waals surface area contributed by atoms with Gasteiger partial charge in [0.25, 0.3) is 0 Å². The lowest BCUT2D eigenvalue weighted by molar-refractivity contribution is -0.139. The summed E-state index contributed by atoms with van der Waals surface area (Å²) in [7, 11) is -3.74. The number of anilines is 1. The Hall–Kier alpha value is -2.39. The molecule has 0 spiro atoms. The maximum Gasteiger partial charge on any atom is 0.244 e. The van der Waals surface area contributed by atoms with Crippen molar-refractivity contribution in [2.75, 3.05) is 23.7 Å². The fraction of sp³-hybridized carbons (Fsp3) is 0.417. The van der Waals surface area contributed by atoms with Crippen molar-refractivity contribution in [2.45, 2.75) is 40.3 Å². The van der Waals surface area contributed by atoms with Crippen LogP contribution in [0.15, 0.2) is 53.0 Å². The number of halogens is 1. The molecule has 0 heterocycles. The molecule has 0 fully saturated rings. The Morgan fingerprint density at radius 2 is 1.73 bits per heavy atom. The van der Waals surface area contributed by atoms with E-state index in [9.17, 15) is 18.0 Å². The fourth-order valence-electron chi connectivity index (χ4n) is 3.31. The summed E-state index contributed by atoms with van der Waals surface area (Å²) < 4.78 is 27.1. The van der Waals surface area contributed by atoms with Crippen molar-refractivity contribution < 1.29 is 18.0 Å². The quantitative estimate of drug-likeness (QED) is 0.500. The van der Waals surface area contributed by atoms with Crippen molar-refractivity contribution in [1.82, 2.24) is 10.2 Å². The molecule has 2 rings (SSSR count). The average Bonchev–Trinajstić information content (AvgIpc) is 2.73. The van der Waals surface area contributed by atoms with Crippen LogP contribution < -0.4 is 9.62 Å². The number of carbonyl (C=O) groups is 2. The molecular formula is C24H32BrN3O4S. The van der Waals surface area contributed by atoms with Crippen molar-refractivity contribution in [2.24, 2.45) is 5.92 Å². The number of nitrogens with zero attached hydrogens (tertiary/aromatic N) is 2. The number of nitrogens with one attached hydrogen (secondary N) is 1. The third-order valence-electron chi connectivity index (χ3n) is 5.16. The first kappa shape index (κ1) is 26.9. The zero-order valence-corrected chi connectivity index (χ0v) is 22.1. The van der Waals surface area contributed by atoms with E-state index in [2.05, 4.69) is 21.2 Å². The molecule has 0 aliphatic heterocycles. The smallest absolute Gasteiger partial charge is 0.244 e. The maximum absolute atomic E-state index is 13.5. The molecular weight excluding hydrogens is 506 g/mol. The zero-order chi connectivity index (χ0) is 24.8. The van der Waals surface area contributed by atoms with E-state index in [1.807, 2.05) is 44.2 Å². The molecule has 1 atom stereocenters. The SMILES string of the molecule is Cc1ccccc1N(CC(=O)N(Cc1cccc(Br)c1)C(C)C(=O)NCC(C)C)S(C)(=O)=O. The molecule has 1 N–H and O–H groups in total. The van der Waals surface area contributed by atoms with Gasteiger partial charge < -0.3 is 10.2 Å². The van der Waals surface area contributed by atoms with Gasteiger partial charge in [0.05, 0.1) is 11.9 Å². The summed E-state index contributed by atoms with van der Waals surface area (Å²) in [6.07, 6.45) is 1.07. The summed E-state index contributed by atoms with van der Waals surface area (Å²) in [4.78, 5) is 27.7. The molecule has 0 aromatic heterocycles. The molecule has 0 saturated carbocycles. The number of hydrogen-bond acceptors (Lipinski definition) is 4. The van der Waals surface area contributed by atoms with Gasteiger partial charge in [-0.05, 0) is 49.1 Å². The van der Waals surface area contributed by atoms with Crippen LogP contribution in [-0.4, -0.2) is 50.5 Å². The Morgan fingerprint density at radius 1 is 1.06 bits per heavy atom. The van der Waals surface area contributed by atoms with Crippen LogP contribution in [0.1, 0.15) is 31.9 Å². The van der Waals surface area contributed by atoms with E-state index in [1.54, 1.807) is 32.0 Å². The first-order chi connectivity index (χ1) is 15.4. The summed E-state index contributed by atoms with van der Waals surface area (Å²) in [5, 5.41) is 2.86. The molecule has 33 heavy (non-hydrogen) atoms. The van der Waals surface area contributed by atoms with E-state index < -0.39 is 28.5 Å². The second kappa shape index (κ2) is 11.7. The molecule has 0 bridgehead atoms. The van der Waals surface area contributed by atoms with E-state index in [-0.39, 0.29) is 18.4 Å². The van der Waals surface area contributed by atoms with Gasteiger partial charge in [0.2, 0.25) is 21.8 Å². The van der Waals surface area contributed by atoms with Gasteiger partial charge in [-0.25, -0.2) is 8.42 Å². The van der Waals surface area contributed by atoms with Crippen LogP contribution in [0.5, 0.6) is 0 Å². The second-order valence-corrected chi connectivity index (χ2v) is 11.3. The molecule has 9 heteroatoms. The van der Waals surface area contributed by atoms with Gasteiger partial charge >= 0.3 is 0 Å². The lowest BCUT2D eigenvalue weighted by atomic mass is 10.1. The van der Waals surface area contributed by atoms with E-state index in [0.717, 1.165) is 26.2 Å². The van der Waals surface area contributed by atoms with Gasteiger partial charge in [-0.2, -0.15) is 0 Å². The zero-order valence-electron chi connectivity index (χ0n) is 19.7. The van der Waals surface area contributed by atoms with Gasteiger partial charge in [-0.3, -0.25) is 13.9 Å². The molecule has 2 amide bonds. The standard InChI is InChI=1S/C24H32BrN3O4S/c1-17(2)14-26-24(30)19(4)27(15-20-10-8-11-21(25)13-20)23(29)16-28(33(5,31)32)22-12-7-6-9-18(22)3/h6-13,17,19H,14-16H2,1-5H3,(H,26,30). The maximum atomic E-state index is 13.5. The number of para-hydroxylation sites is 1. The van der Waals surface area contributed by atoms with Crippen LogP contribution in [0.25, 0.3) is 0 Å². The Kier molecular flexibility index (Phi) is 9.48. The number of aryl methyl sites for hydroxylation is 1. The third-order valence-corrected chi connectivity index (χ3v) is 6.78. The van der Waals surface area contributed by atoms with Crippen LogP contribution in [0.3, 0.4) is 0 Å². The highest BCUT2D eigenvalue weighted by atomic mass is 79.9. The summed E-state index contributed by atoms with van der Waals surface area (Å²) in [5.74, 6) is -0.484. The summed E-state index contributed by atoms with van der Waals surface area (Å²) in [5.41, 5.74) is 1.99. The fourth-order valence-corrected chi connectivity index (χ4v) is 4.66. The van der Waals surface area contributed by atoms with Gasteiger partial charge in [0, 0.05) is 17.6 Å². The minimum absolute atomic E-state index is 0.167. The van der Waals surface area contributed by atoms with Gasteiger partial charge in [-0.1, -0.05) is 60.1 Å². The van der Waals surface area contributed by atoms with Crippen LogP contribution in [0, 0.1) is 12.8 Å². The topological polar surface area (TPSA) is 86.8 Å². The number of benzene rings is 2. The van der Waals surface area contributed by atoms with E-state index in [4.69, 9.17) is 0 Å². The minimum atomic E-state index is -3.74. The van der Waals surface area contributed by atoms with Gasteiger partial charge in [0.15, 0.2) is 0 Å². The van der Waals surface area contributed by atoms with Gasteiger partial charge in [0.1, 0.15) is 12.6 Å². The molecule has 0 aliphatic carbocycles. The van der Waals surface area contributed by atoms with Crippen molar-refractivity contribution >= 4 is 43.5 Å². The molecule has 2 aromatic carbocycles. The monoisotopic (exact) mass is 537 g/mol. The summed E-state index contributed by atoms with van der Waals surface area (Å²) in [6.45, 7) is 7.67. The Morgan fingerprint density at radius 3 is 2.30 bits per heavy atom.